The Morgan fingerprint density at radius 1 is 0.750 bits per heavy atom. The number of carboxylic acids is 1. The smallest absolute Gasteiger partial charge is 0.307 e. The average Bonchev–Trinajstić information content (AvgIpc) is 3.89. The molecule has 2 fully saturated rings. The van der Waals surface area contributed by atoms with Crippen LogP contribution in [0.15, 0.2) is 63.5 Å². The van der Waals surface area contributed by atoms with Gasteiger partial charge < -0.3 is 23.4 Å². The lowest BCUT2D eigenvalue weighted by Gasteiger charge is -2.36. The molecule has 2 aliphatic rings. The van der Waals surface area contributed by atoms with E-state index in [4.69, 9.17) is 66.1 Å². The van der Waals surface area contributed by atoms with E-state index in [-0.39, 0.29) is 22.5 Å². The van der Waals surface area contributed by atoms with Gasteiger partial charge in [0, 0.05) is 68.6 Å². The molecule has 334 valence electrons. The van der Waals surface area contributed by atoms with Crippen molar-refractivity contribution in [1.29, 1.82) is 0 Å². The molecule has 0 aromatic heterocycles. The van der Waals surface area contributed by atoms with Crippen LogP contribution < -0.4 is 0 Å². The number of aldehydes is 1. The lowest BCUT2D eigenvalue weighted by atomic mass is 9.98. The number of benzene rings is 3. The minimum Gasteiger partial charge on any atom is -0.481 e. The first kappa shape index (κ1) is 57.0. The van der Waals surface area contributed by atoms with Gasteiger partial charge in [-0.05, 0) is 128 Å². The number of halogens is 5. The van der Waals surface area contributed by atoms with Gasteiger partial charge in [0.15, 0.2) is 16.6 Å². The number of aliphatic carboxylic acids is 1. The van der Waals surface area contributed by atoms with Crippen LogP contribution in [0, 0.1) is 0 Å². The van der Waals surface area contributed by atoms with Crippen LogP contribution >= 0.6 is 66.7 Å². The summed E-state index contributed by atoms with van der Waals surface area (Å²) >= 11 is 24.3. The molecule has 2 heterocycles. The molecule has 0 saturated carbocycles. The Labute approximate surface area is 396 Å². The maximum Gasteiger partial charge on any atom is 0.307 e. The molecule has 0 bridgehead atoms. The first-order chi connectivity index (χ1) is 27.8. The summed E-state index contributed by atoms with van der Waals surface area (Å²) in [5.74, 6) is -0.849. The van der Waals surface area contributed by atoms with Crippen molar-refractivity contribution in [2.75, 3.05) is 33.0 Å². The van der Waals surface area contributed by atoms with Crippen LogP contribution in [0.3, 0.4) is 0 Å². The Morgan fingerprint density at radius 2 is 1.18 bits per heavy atom. The molecule has 1 atom stereocenters. The molecule has 2 aliphatic heterocycles. The molecule has 0 amide bonds. The molecular formula is C45H66BBr2Cl3O7Si2. The largest absolute Gasteiger partial charge is 0.481 e. The summed E-state index contributed by atoms with van der Waals surface area (Å²) in [6.45, 7) is 26.8. The maximum atomic E-state index is 11.0. The van der Waals surface area contributed by atoms with Crippen molar-refractivity contribution in [3.8, 4) is 0 Å². The fourth-order valence-electron chi connectivity index (χ4n) is 4.83. The average molecular weight is 1050 g/mol. The summed E-state index contributed by atoms with van der Waals surface area (Å²) in [5, 5.41) is 10.9. The van der Waals surface area contributed by atoms with E-state index in [1.807, 2.05) is 24.3 Å². The van der Waals surface area contributed by atoms with E-state index in [9.17, 15) is 9.59 Å². The lowest BCUT2D eigenvalue weighted by Crippen LogP contribution is -2.41. The monoisotopic (exact) mass is 1050 g/mol. The second-order valence-corrected chi connectivity index (χ2v) is 30.2. The van der Waals surface area contributed by atoms with E-state index >= 15 is 0 Å². The van der Waals surface area contributed by atoms with Crippen LogP contribution in [0.2, 0.25) is 51.3 Å². The zero-order valence-corrected chi connectivity index (χ0v) is 44.6. The van der Waals surface area contributed by atoms with Crippen LogP contribution in [0.1, 0.15) is 94.3 Å². The van der Waals surface area contributed by atoms with Crippen LogP contribution in [-0.4, -0.2) is 80.9 Å². The van der Waals surface area contributed by atoms with Crippen LogP contribution in [-0.2, 0) is 42.4 Å². The number of ether oxygens (including phenoxy) is 2. The summed E-state index contributed by atoms with van der Waals surface area (Å²) in [5.41, 5.74) is 3.63. The molecule has 7 nitrogen and oxygen atoms in total. The molecule has 1 unspecified atom stereocenters. The van der Waals surface area contributed by atoms with Gasteiger partial charge in [-0.25, -0.2) is 0 Å². The van der Waals surface area contributed by atoms with E-state index in [1.54, 1.807) is 24.3 Å². The highest BCUT2D eigenvalue weighted by Gasteiger charge is 2.37. The Kier molecular flexibility index (Phi) is 26.6. The Morgan fingerprint density at radius 3 is 1.52 bits per heavy atom. The summed E-state index contributed by atoms with van der Waals surface area (Å²) in [4.78, 5) is 21.4. The molecule has 5 rings (SSSR count). The highest BCUT2D eigenvalue weighted by molar-refractivity contribution is 9.10. The second kappa shape index (κ2) is 28.0. The van der Waals surface area contributed by atoms with Crippen molar-refractivity contribution in [2.24, 2.45) is 0 Å². The van der Waals surface area contributed by atoms with E-state index in [1.165, 1.54) is 18.4 Å². The summed E-state index contributed by atoms with van der Waals surface area (Å²) in [6, 6.07) is 16.4. The third-order valence-electron chi connectivity index (χ3n) is 10.7. The molecule has 3 aromatic carbocycles. The van der Waals surface area contributed by atoms with E-state index in [0.717, 1.165) is 83.5 Å². The van der Waals surface area contributed by atoms with Crippen molar-refractivity contribution < 1.29 is 33.0 Å². The normalized spacial score (nSPS) is 15.2. The van der Waals surface area contributed by atoms with Gasteiger partial charge in [-0.3, -0.25) is 9.59 Å². The summed E-state index contributed by atoms with van der Waals surface area (Å²) < 4.78 is 24.0. The van der Waals surface area contributed by atoms with Crippen molar-refractivity contribution >= 4 is 103 Å². The van der Waals surface area contributed by atoms with Crippen molar-refractivity contribution in [3.05, 3.63) is 101 Å². The number of rotatable bonds is 11. The lowest BCUT2D eigenvalue weighted by molar-refractivity contribution is -0.136. The fourth-order valence-corrected chi connectivity index (χ4v) is 8.81. The Hall–Kier alpha value is -1.03. The molecule has 3 aromatic rings. The highest BCUT2D eigenvalue weighted by Crippen LogP contribution is 2.37. The van der Waals surface area contributed by atoms with E-state index in [2.05, 4.69) is 106 Å². The third kappa shape index (κ3) is 23.1. The maximum absolute atomic E-state index is 11.0. The molecule has 0 spiro atoms. The van der Waals surface area contributed by atoms with Gasteiger partial charge in [0.1, 0.15) is 14.1 Å². The SMILES string of the molecule is C1CCOC1.CC(C)(C)[Si](C)(C)OCCc1ccc(Cl)cc1Br.CC(C)(C)[Si](C)(C)OCCc1ccc(Cl)cc1C=O.O=C(O)Cc1ccc(Cl)cc1Br.[B]C1CCCO1. The highest BCUT2D eigenvalue weighted by atomic mass is 79.9. The molecule has 60 heavy (non-hydrogen) atoms. The van der Waals surface area contributed by atoms with Gasteiger partial charge in [-0.2, -0.15) is 0 Å². The van der Waals surface area contributed by atoms with Crippen LogP contribution in [0.5, 0.6) is 0 Å². The van der Waals surface area contributed by atoms with Crippen molar-refractivity contribution in [1.82, 2.24) is 0 Å². The Bertz CT molecular complexity index is 1740. The molecule has 15 heteroatoms. The topological polar surface area (TPSA) is 91.3 Å². The number of carbonyl (C=O) groups excluding carboxylic acids is 1. The number of carbonyl (C=O) groups is 2. The van der Waals surface area contributed by atoms with Gasteiger partial charge in [-0.15, -0.1) is 0 Å². The fraction of sp³-hybridized carbons (Fsp3) is 0.556. The quantitative estimate of drug-likeness (QED) is 0.151. The number of hydrogen-bond donors (Lipinski definition) is 1. The van der Waals surface area contributed by atoms with Gasteiger partial charge in [0.25, 0.3) is 0 Å². The first-order valence-electron chi connectivity index (χ1n) is 20.4. The predicted molar refractivity (Wildman–Crippen MR) is 265 cm³/mol. The zero-order chi connectivity index (χ0) is 45.7. The standard InChI is InChI=1S/C15H23ClO2Si.C14H22BrClOSi.C8H6BrClO2.C4H7BO.C4H8O/c1-15(2,3)19(4,5)18-9-8-12-6-7-14(16)10-13(12)11-17;1-14(2,3)18(4,5)17-9-8-11-6-7-12(16)10-13(11)15;9-7-4-6(10)2-1-5(7)3-8(11)12;5-4-2-1-3-6-4;1-2-4-5-3-1/h6-7,10-11H,8-9H2,1-5H3;6-7,10H,8-9H2,1-5H3;1-2,4H,3H2,(H,11,12);4H,1-3H2;1-4H2. The van der Waals surface area contributed by atoms with Gasteiger partial charge >= 0.3 is 5.97 Å². The molecule has 2 saturated heterocycles. The predicted octanol–water partition coefficient (Wildman–Crippen LogP) is 14.2. The molecule has 1 N–H and O–H groups in total. The van der Waals surface area contributed by atoms with E-state index in [0.29, 0.717) is 22.2 Å². The van der Waals surface area contributed by atoms with Gasteiger partial charge in [-0.1, -0.05) is 126 Å². The minimum atomic E-state index is -1.71. The molecular weight excluding hydrogens is 986 g/mol. The summed E-state index contributed by atoms with van der Waals surface area (Å²) in [6.07, 6.45) is 7.27. The molecule has 0 aliphatic carbocycles. The van der Waals surface area contributed by atoms with Crippen LogP contribution in [0.25, 0.3) is 0 Å². The third-order valence-corrected chi connectivity index (χ3v) is 21.9. The number of hydrogen-bond acceptors (Lipinski definition) is 6. The Balaban J connectivity index is 0.000000403. The molecule has 2 radical (unpaired) electrons. The zero-order valence-electron chi connectivity index (χ0n) is 37.2. The minimum absolute atomic E-state index is 0.0117. The number of carboxylic acid groups (broad SMARTS) is 1. The van der Waals surface area contributed by atoms with E-state index < -0.39 is 22.6 Å². The van der Waals surface area contributed by atoms with Gasteiger partial charge in [0.05, 0.1) is 6.42 Å². The van der Waals surface area contributed by atoms with Gasteiger partial charge in [0.2, 0.25) is 0 Å². The first-order valence-corrected chi connectivity index (χ1v) is 28.9. The van der Waals surface area contributed by atoms with Crippen molar-refractivity contribution in [2.45, 2.75) is 129 Å². The second-order valence-electron chi connectivity index (χ2n) is 17.6. The van der Waals surface area contributed by atoms with Crippen LogP contribution in [0.4, 0.5) is 0 Å². The summed E-state index contributed by atoms with van der Waals surface area (Å²) in [7, 11) is 1.97. The van der Waals surface area contributed by atoms with Crippen molar-refractivity contribution in [3.63, 3.8) is 0 Å².